The van der Waals surface area contributed by atoms with E-state index in [9.17, 15) is 9.59 Å². The van der Waals surface area contributed by atoms with Crippen LogP contribution in [0.4, 0.5) is 0 Å². The highest BCUT2D eigenvalue weighted by Gasteiger charge is 2.13. The van der Waals surface area contributed by atoms with Gasteiger partial charge in [0.1, 0.15) is 0 Å². The maximum absolute atomic E-state index is 11.8. The van der Waals surface area contributed by atoms with E-state index in [1.807, 2.05) is 38.1 Å². The van der Waals surface area contributed by atoms with Gasteiger partial charge in [0.2, 0.25) is 5.91 Å². The minimum absolute atomic E-state index is 0.0438. The molecule has 1 amide bonds. The van der Waals surface area contributed by atoms with E-state index in [2.05, 4.69) is 21.2 Å². The maximum atomic E-state index is 11.8. The quantitative estimate of drug-likeness (QED) is 0.800. The van der Waals surface area contributed by atoms with E-state index in [1.54, 1.807) is 0 Å². The monoisotopic (exact) mass is 341 g/mol. The van der Waals surface area contributed by atoms with Crippen molar-refractivity contribution in [2.24, 2.45) is 5.92 Å². The lowest BCUT2D eigenvalue weighted by Crippen LogP contribution is -2.29. The number of halogens is 1. The summed E-state index contributed by atoms with van der Waals surface area (Å²) in [5.74, 6) is -0.801. The van der Waals surface area contributed by atoms with Crippen molar-refractivity contribution < 1.29 is 14.7 Å². The minimum Gasteiger partial charge on any atom is -0.481 e. The van der Waals surface area contributed by atoms with Crippen LogP contribution in [0, 0.1) is 5.92 Å². The van der Waals surface area contributed by atoms with Crippen LogP contribution in [0.1, 0.15) is 38.2 Å². The summed E-state index contributed by atoms with van der Waals surface area (Å²) >= 11 is 3.38. The summed E-state index contributed by atoms with van der Waals surface area (Å²) in [7, 11) is 0. The van der Waals surface area contributed by atoms with Crippen molar-refractivity contribution >= 4 is 27.8 Å². The molecule has 0 aliphatic rings. The number of amides is 1. The lowest BCUT2D eigenvalue weighted by molar-refractivity contribution is -0.138. The first-order chi connectivity index (χ1) is 9.38. The van der Waals surface area contributed by atoms with Crippen LogP contribution in [0.5, 0.6) is 0 Å². The number of nitrogens with one attached hydrogen (secondary N) is 1. The Kier molecular flexibility index (Phi) is 6.71. The molecule has 0 spiro atoms. The molecule has 2 atom stereocenters. The van der Waals surface area contributed by atoms with E-state index in [4.69, 9.17) is 5.11 Å². The van der Waals surface area contributed by atoms with Gasteiger partial charge in [0.15, 0.2) is 0 Å². The highest BCUT2D eigenvalue weighted by atomic mass is 79.9. The van der Waals surface area contributed by atoms with Crippen molar-refractivity contribution in [3.05, 3.63) is 34.3 Å². The number of carbonyl (C=O) groups excluding carboxylic acids is 1. The van der Waals surface area contributed by atoms with Gasteiger partial charge in [-0.2, -0.15) is 0 Å². The Balaban J connectivity index is 2.38. The van der Waals surface area contributed by atoms with E-state index in [0.717, 1.165) is 10.0 Å². The molecule has 0 saturated heterocycles. The van der Waals surface area contributed by atoms with Crippen molar-refractivity contribution in [1.82, 2.24) is 5.32 Å². The Labute approximate surface area is 127 Å². The Morgan fingerprint density at radius 2 is 1.80 bits per heavy atom. The van der Waals surface area contributed by atoms with Crippen molar-refractivity contribution in [3.63, 3.8) is 0 Å². The van der Waals surface area contributed by atoms with Crippen molar-refractivity contribution in [3.8, 4) is 0 Å². The summed E-state index contributed by atoms with van der Waals surface area (Å²) in [4.78, 5) is 22.3. The third-order valence-electron chi connectivity index (χ3n) is 3.10. The minimum atomic E-state index is -0.838. The zero-order valence-electron chi connectivity index (χ0n) is 11.7. The fourth-order valence-corrected chi connectivity index (χ4v) is 2.18. The molecule has 0 aliphatic heterocycles. The Morgan fingerprint density at radius 1 is 1.20 bits per heavy atom. The van der Waals surface area contributed by atoms with E-state index < -0.39 is 5.97 Å². The lowest BCUT2D eigenvalue weighted by atomic mass is 9.97. The molecule has 0 radical (unpaired) electrons. The molecule has 1 aromatic carbocycles. The van der Waals surface area contributed by atoms with E-state index in [1.165, 1.54) is 0 Å². The number of hydrogen-bond donors (Lipinski definition) is 2. The molecule has 0 heterocycles. The first kappa shape index (κ1) is 16.7. The molecule has 1 rings (SSSR count). The first-order valence-electron chi connectivity index (χ1n) is 6.62. The number of benzene rings is 1. The number of rotatable bonds is 7. The summed E-state index contributed by atoms with van der Waals surface area (Å²) in [6.45, 7) is 4.22. The standard InChI is InChI=1S/C15H20BrNO3/c1-10(7-15(19)20)9-17-14(18)8-11(2)12-3-5-13(16)6-4-12/h3-6,10-11H,7-9H2,1-2H3,(H,17,18)(H,19,20). The van der Waals surface area contributed by atoms with Gasteiger partial charge < -0.3 is 10.4 Å². The van der Waals surface area contributed by atoms with Crippen LogP contribution in [0.2, 0.25) is 0 Å². The summed E-state index contributed by atoms with van der Waals surface area (Å²) in [6, 6.07) is 7.90. The zero-order valence-corrected chi connectivity index (χ0v) is 13.3. The smallest absolute Gasteiger partial charge is 0.303 e. The number of hydrogen-bond acceptors (Lipinski definition) is 2. The van der Waals surface area contributed by atoms with E-state index >= 15 is 0 Å². The zero-order chi connectivity index (χ0) is 15.1. The van der Waals surface area contributed by atoms with Crippen LogP contribution in [-0.4, -0.2) is 23.5 Å². The molecule has 1 aromatic rings. The van der Waals surface area contributed by atoms with E-state index in [-0.39, 0.29) is 24.2 Å². The molecule has 0 fully saturated rings. The Hall–Kier alpha value is -1.36. The molecule has 4 nitrogen and oxygen atoms in total. The fourth-order valence-electron chi connectivity index (χ4n) is 1.92. The normalized spacial score (nSPS) is 13.6. The average molecular weight is 342 g/mol. The molecule has 0 bridgehead atoms. The molecule has 110 valence electrons. The van der Waals surface area contributed by atoms with E-state index in [0.29, 0.717) is 13.0 Å². The van der Waals surface area contributed by atoms with Crippen LogP contribution in [-0.2, 0) is 9.59 Å². The highest BCUT2D eigenvalue weighted by molar-refractivity contribution is 9.10. The van der Waals surface area contributed by atoms with Gasteiger partial charge in [0.25, 0.3) is 0 Å². The second-order valence-corrected chi connectivity index (χ2v) is 6.08. The highest BCUT2D eigenvalue weighted by Crippen LogP contribution is 2.21. The first-order valence-corrected chi connectivity index (χ1v) is 7.41. The molecule has 0 saturated carbocycles. The molecule has 0 aromatic heterocycles. The topological polar surface area (TPSA) is 66.4 Å². The second-order valence-electron chi connectivity index (χ2n) is 5.16. The van der Waals surface area contributed by atoms with Crippen molar-refractivity contribution in [2.75, 3.05) is 6.54 Å². The molecular formula is C15H20BrNO3. The van der Waals surface area contributed by atoms with Crippen LogP contribution in [0.3, 0.4) is 0 Å². The van der Waals surface area contributed by atoms with Crippen LogP contribution < -0.4 is 5.32 Å². The van der Waals surface area contributed by atoms with Gasteiger partial charge in [-0.1, -0.05) is 41.9 Å². The largest absolute Gasteiger partial charge is 0.481 e. The van der Waals surface area contributed by atoms with Crippen LogP contribution in [0.25, 0.3) is 0 Å². The van der Waals surface area contributed by atoms with Gasteiger partial charge >= 0.3 is 5.97 Å². The summed E-state index contributed by atoms with van der Waals surface area (Å²) in [5.41, 5.74) is 1.11. The van der Waals surface area contributed by atoms with Crippen molar-refractivity contribution in [2.45, 2.75) is 32.6 Å². The summed E-state index contributed by atoms with van der Waals surface area (Å²) in [5, 5.41) is 11.4. The maximum Gasteiger partial charge on any atom is 0.303 e. The molecule has 2 unspecified atom stereocenters. The van der Waals surface area contributed by atoms with Gasteiger partial charge in [-0.05, 0) is 29.5 Å². The molecule has 20 heavy (non-hydrogen) atoms. The summed E-state index contributed by atoms with van der Waals surface area (Å²) < 4.78 is 1.01. The second kappa shape index (κ2) is 8.04. The third-order valence-corrected chi connectivity index (χ3v) is 3.63. The third kappa shape index (κ3) is 6.19. The Bertz CT molecular complexity index is 459. The molecule has 5 heteroatoms. The number of aliphatic carboxylic acids is 1. The number of carboxylic acids is 1. The van der Waals surface area contributed by atoms with Gasteiger partial charge in [-0.3, -0.25) is 9.59 Å². The van der Waals surface area contributed by atoms with Gasteiger partial charge in [0.05, 0.1) is 0 Å². The molecular weight excluding hydrogens is 322 g/mol. The fraction of sp³-hybridized carbons (Fsp3) is 0.467. The molecule has 2 N–H and O–H groups in total. The predicted octanol–water partition coefficient (Wildman–Crippen LogP) is 3.17. The van der Waals surface area contributed by atoms with Crippen molar-refractivity contribution in [1.29, 1.82) is 0 Å². The molecule has 0 aliphatic carbocycles. The number of carbonyl (C=O) groups is 2. The SMILES string of the molecule is CC(CNC(=O)CC(C)c1ccc(Br)cc1)CC(=O)O. The van der Waals surface area contributed by atoms with Gasteiger partial charge in [-0.25, -0.2) is 0 Å². The van der Waals surface area contributed by atoms with Crippen LogP contribution >= 0.6 is 15.9 Å². The lowest BCUT2D eigenvalue weighted by Gasteiger charge is -2.14. The predicted molar refractivity (Wildman–Crippen MR) is 81.6 cm³/mol. The van der Waals surface area contributed by atoms with Crippen LogP contribution in [0.15, 0.2) is 28.7 Å². The number of carboxylic acid groups (broad SMARTS) is 1. The average Bonchev–Trinajstić information content (AvgIpc) is 2.36. The Morgan fingerprint density at radius 3 is 2.35 bits per heavy atom. The van der Waals surface area contributed by atoms with Gasteiger partial charge in [0, 0.05) is 23.9 Å². The summed E-state index contributed by atoms with van der Waals surface area (Å²) in [6.07, 6.45) is 0.476. The van der Waals surface area contributed by atoms with Gasteiger partial charge in [-0.15, -0.1) is 0 Å².